The summed E-state index contributed by atoms with van der Waals surface area (Å²) in [6.07, 6.45) is 0.803. The fraction of sp³-hybridized carbons (Fsp3) is 0.579. The number of amides is 2. The Morgan fingerprint density at radius 1 is 1.22 bits per heavy atom. The maximum absolute atomic E-state index is 12.3. The van der Waals surface area contributed by atoms with Gasteiger partial charge in [-0.05, 0) is 37.1 Å². The second-order valence-electron chi connectivity index (χ2n) is 6.55. The van der Waals surface area contributed by atoms with Gasteiger partial charge in [0, 0.05) is 51.5 Å². The summed E-state index contributed by atoms with van der Waals surface area (Å²) in [5, 5.41) is 3.52. The van der Waals surface area contributed by atoms with Crippen LogP contribution >= 0.6 is 11.6 Å². The first kappa shape index (κ1) is 21.5. The van der Waals surface area contributed by atoms with Gasteiger partial charge in [0.05, 0.1) is 6.54 Å². The Morgan fingerprint density at radius 2 is 1.96 bits per heavy atom. The predicted molar refractivity (Wildman–Crippen MR) is 104 cm³/mol. The van der Waals surface area contributed by atoms with E-state index in [-0.39, 0.29) is 18.4 Å². The van der Waals surface area contributed by atoms with Crippen molar-refractivity contribution in [1.82, 2.24) is 15.1 Å². The Balaban J connectivity index is 1.67. The van der Waals surface area contributed by atoms with Crippen LogP contribution in [-0.2, 0) is 14.3 Å². The van der Waals surface area contributed by atoms with E-state index >= 15 is 0 Å². The Kier molecular flexibility index (Phi) is 8.84. The molecule has 0 aliphatic carbocycles. The number of rotatable bonds is 9. The van der Waals surface area contributed by atoms with E-state index < -0.39 is 0 Å². The zero-order valence-electron chi connectivity index (χ0n) is 16.0. The van der Waals surface area contributed by atoms with E-state index in [9.17, 15) is 9.59 Å². The van der Waals surface area contributed by atoms with Crippen molar-refractivity contribution >= 4 is 23.4 Å². The third kappa shape index (κ3) is 7.36. The minimum Gasteiger partial charge on any atom is -0.483 e. The lowest BCUT2D eigenvalue weighted by atomic mass is 10.2. The average molecular weight is 398 g/mol. The molecular formula is C19H28ClN3O4. The number of halogens is 1. The molecule has 2 amide bonds. The standard InChI is InChI=1S/C19H28ClN3O4/c1-15-12-16(20)4-5-17(15)27-14-19(25)23-9-7-22(8-10-23)13-18(24)21-6-3-11-26-2/h4-5,12H,3,6-11,13-14H2,1-2H3,(H,21,24). The lowest BCUT2D eigenvalue weighted by Crippen LogP contribution is -2.52. The molecule has 0 atom stereocenters. The summed E-state index contributed by atoms with van der Waals surface area (Å²) in [6.45, 7) is 6.06. The van der Waals surface area contributed by atoms with E-state index in [0.717, 1.165) is 12.0 Å². The summed E-state index contributed by atoms with van der Waals surface area (Å²) in [5.41, 5.74) is 0.900. The van der Waals surface area contributed by atoms with E-state index in [1.165, 1.54) is 0 Å². The van der Waals surface area contributed by atoms with Crippen LogP contribution in [0.3, 0.4) is 0 Å². The van der Waals surface area contributed by atoms with Gasteiger partial charge in [-0.3, -0.25) is 14.5 Å². The summed E-state index contributed by atoms with van der Waals surface area (Å²) in [7, 11) is 1.64. The molecule has 1 aromatic carbocycles. The van der Waals surface area contributed by atoms with Crippen molar-refractivity contribution < 1.29 is 19.1 Å². The molecule has 150 valence electrons. The summed E-state index contributed by atoms with van der Waals surface area (Å²) >= 11 is 5.92. The second-order valence-corrected chi connectivity index (χ2v) is 6.99. The topological polar surface area (TPSA) is 71.1 Å². The monoisotopic (exact) mass is 397 g/mol. The van der Waals surface area contributed by atoms with E-state index in [1.807, 2.05) is 6.92 Å². The molecule has 1 saturated heterocycles. The number of hydrogen-bond donors (Lipinski definition) is 1. The zero-order valence-corrected chi connectivity index (χ0v) is 16.8. The maximum Gasteiger partial charge on any atom is 0.260 e. The van der Waals surface area contributed by atoms with Crippen molar-refractivity contribution in [3.05, 3.63) is 28.8 Å². The number of carbonyl (C=O) groups is 2. The first-order chi connectivity index (χ1) is 13.0. The van der Waals surface area contributed by atoms with Gasteiger partial charge >= 0.3 is 0 Å². The Hall–Kier alpha value is -1.83. The highest BCUT2D eigenvalue weighted by atomic mass is 35.5. The summed E-state index contributed by atoms with van der Waals surface area (Å²) < 4.78 is 10.6. The van der Waals surface area contributed by atoms with Crippen LogP contribution in [0.15, 0.2) is 18.2 Å². The van der Waals surface area contributed by atoms with Gasteiger partial charge in [0.2, 0.25) is 5.91 Å². The molecule has 1 aromatic rings. The molecule has 1 fully saturated rings. The molecule has 0 aromatic heterocycles. The molecule has 0 radical (unpaired) electrons. The van der Waals surface area contributed by atoms with Crippen LogP contribution in [0.1, 0.15) is 12.0 Å². The highest BCUT2D eigenvalue weighted by Gasteiger charge is 2.22. The van der Waals surface area contributed by atoms with Gasteiger partial charge in [0.1, 0.15) is 5.75 Å². The summed E-state index contributed by atoms with van der Waals surface area (Å²) in [5.74, 6) is 0.622. The summed E-state index contributed by atoms with van der Waals surface area (Å²) in [6, 6.07) is 5.32. The minimum atomic E-state index is -0.0481. The number of hydrogen-bond acceptors (Lipinski definition) is 5. The molecule has 0 saturated carbocycles. The highest BCUT2D eigenvalue weighted by molar-refractivity contribution is 6.30. The first-order valence-corrected chi connectivity index (χ1v) is 9.52. The van der Waals surface area contributed by atoms with Crippen LogP contribution in [0.4, 0.5) is 0 Å². The third-order valence-corrected chi connectivity index (χ3v) is 4.66. The van der Waals surface area contributed by atoms with E-state index in [4.69, 9.17) is 21.1 Å². The van der Waals surface area contributed by atoms with E-state index in [2.05, 4.69) is 10.2 Å². The quantitative estimate of drug-likeness (QED) is 0.636. The lowest BCUT2D eigenvalue weighted by Gasteiger charge is -2.34. The van der Waals surface area contributed by atoms with Crippen molar-refractivity contribution in [3.8, 4) is 5.75 Å². The molecule has 0 bridgehead atoms. The number of carbonyl (C=O) groups excluding carboxylic acids is 2. The first-order valence-electron chi connectivity index (χ1n) is 9.14. The van der Waals surface area contributed by atoms with Gasteiger partial charge in [-0.2, -0.15) is 0 Å². The lowest BCUT2D eigenvalue weighted by molar-refractivity contribution is -0.135. The summed E-state index contributed by atoms with van der Waals surface area (Å²) in [4.78, 5) is 28.1. The Bertz CT molecular complexity index is 633. The molecule has 1 aliphatic heterocycles. The van der Waals surface area contributed by atoms with Gasteiger partial charge in [0.25, 0.3) is 5.91 Å². The van der Waals surface area contributed by atoms with Crippen LogP contribution in [-0.4, -0.2) is 81.2 Å². The molecule has 0 unspecified atom stereocenters. The molecule has 1 N–H and O–H groups in total. The van der Waals surface area contributed by atoms with Gasteiger partial charge in [-0.25, -0.2) is 0 Å². The van der Waals surface area contributed by atoms with Crippen LogP contribution in [0.2, 0.25) is 5.02 Å². The van der Waals surface area contributed by atoms with E-state index in [1.54, 1.807) is 30.2 Å². The number of methoxy groups -OCH3 is 1. The van der Waals surface area contributed by atoms with E-state index in [0.29, 0.717) is 56.6 Å². The molecule has 7 nitrogen and oxygen atoms in total. The number of nitrogens with one attached hydrogen (secondary N) is 1. The van der Waals surface area contributed by atoms with Crippen molar-refractivity contribution in [2.75, 3.05) is 59.6 Å². The molecule has 2 rings (SSSR count). The third-order valence-electron chi connectivity index (χ3n) is 4.43. The predicted octanol–water partition coefficient (Wildman–Crippen LogP) is 1.32. The molecule has 8 heteroatoms. The van der Waals surface area contributed by atoms with Crippen LogP contribution in [0.5, 0.6) is 5.75 Å². The smallest absolute Gasteiger partial charge is 0.260 e. The molecule has 0 spiro atoms. The van der Waals surface area contributed by atoms with Crippen molar-refractivity contribution in [3.63, 3.8) is 0 Å². The second kappa shape index (κ2) is 11.1. The largest absolute Gasteiger partial charge is 0.483 e. The average Bonchev–Trinajstić information content (AvgIpc) is 2.65. The van der Waals surface area contributed by atoms with Crippen LogP contribution < -0.4 is 10.1 Å². The number of aryl methyl sites for hydroxylation is 1. The number of benzene rings is 1. The van der Waals surface area contributed by atoms with Crippen molar-refractivity contribution in [2.45, 2.75) is 13.3 Å². The molecular weight excluding hydrogens is 370 g/mol. The van der Waals surface area contributed by atoms with Crippen molar-refractivity contribution in [1.29, 1.82) is 0 Å². The highest BCUT2D eigenvalue weighted by Crippen LogP contribution is 2.21. The molecule has 1 heterocycles. The molecule has 27 heavy (non-hydrogen) atoms. The number of ether oxygens (including phenoxy) is 2. The number of nitrogens with zero attached hydrogens (tertiary/aromatic N) is 2. The Labute approximate surface area is 165 Å². The van der Waals surface area contributed by atoms with Crippen LogP contribution in [0, 0.1) is 6.92 Å². The molecule has 1 aliphatic rings. The van der Waals surface area contributed by atoms with Gasteiger partial charge in [-0.15, -0.1) is 0 Å². The van der Waals surface area contributed by atoms with Gasteiger partial charge < -0.3 is 19.7 Å². The van der Waals surface area contributed by atoms with Crippen LogP contribution in [0.25, 0.3) is 0 Å². The normalized spacial score (nSPS) is 14.9. The van der Waals surface area contributed by atoms with Gasteiger partial charge in [-0.1, -0.05) is 11.6 Å². The minimum absolute atomic E-state index is 0.00244. The zero-order chi connectivity index (χ0) is 19.6. The Morgan fingerprint density at radius 3 is 2.63 bits per heavy atom. The fourth-order valence-electron chi connectivity index (χ4n) is 2.86. The van der Waals surface area contributed by atoms with Gasteiger partial charge in [0.15, 0.2) is 6.61 Å². The fourth-order valence-corrected chi connectivity index (χ4v) is 3.09. The van der Waals surface area contributed by atoms with Crippen molar-refractivity contribution in [2.24, 2.45) is 0 Å². The number of piperazine rings is 1. The maximum atomic E-state index is 12.3. The SMILES string of the molecule is COCCCNC(=O)CN1CCN(C(=O)COc2ccc(Cl)cc2C)CC1.